The Morgan fingerprint density at radius 3 is 2.30 bits per heavy atom. The number of hydrogen-bond acceptors (Lipinski definition) is 5. The average molecular weight is 394 g/mol. The van der Waals surface area contributed by atoms with Crippen molar-refractivity contribution < 1.29 is 16.8 Å². The number of thiophene rings is 1. The lowest BCUT2D eigenvalue weighted by molar-refractivity contribution is 0.570. The first-order valence-electron chi connectivity index (χ1n) is 6.76. The van der Waals surface area contributed by atoms with Crippen LogP contribution in [0.2, 0.25) is 5.02 Å². The fraction of sp³-hybridized carbons (Fsp3) is 0.286. The molecule has 1 heterocycles. The van der Waals surface area contributed by atoms with Gasteiger partial charge in [0.1, 0.15) is 9.46 Å². The van der Waals surface area contributed by atoms with E-state index in [9.17, 15) is 16.8 Å². The monoisotopic (exact) mass is 393 g/mol. The van der Waals surface area contributed by atoms with Gasteiger partial charge in [-0.15, -0.1) is 11.3 Å². The van der Waals surface area contributed by atoms with Crippen LogP contribution in [0.4, 0.5) is 0 Å². The first-order chi connectivity index (χ1) is 10.8. The Kier molecular flexibility index (Phi) is 5.85. The van der Waals surface area contributed by atoms with Crippen LogP contribution in [0, 0.1) is 0 Å². The Hall–Kier alpha value is -0.930. The van der Waals surface area contributed by atoms with Gasteiger partial charge in [0.05, 0.1) is 5.75 Å². The molecule has 0 unspecified atom stereocenters. The maximum absolute atomic E-state index is 12.8. The number of halogens is 1. The van der Waals surface area contributed by atoms with Gasteiger partial charge in [-0.25, -0.2) is 21.6 Å². The minimum Gasteiger partial charge on any atom is -0.222 e. The molecule has 0 aliphatic rings. The van der Waals surface area contributed by atoms with Crippen molar-refractivity contribution in [3.8, 4) is 0 Å². The molecule has 0 saturated carbocycles. The molecule has 0 amide bonds. The third-order valence-corrected chi connectivity index (χ3v) is 8.41. The summed E-state index contributed by atoms with van der Waals surface area (Å²) in [6.07, 6.45) is 0. The molecule has 5 nitrogen and oxygen atoms in total. The summed E-state index contributed by atoms with van der Waals surface area (Å²) in [7, 11) is -7.20. The Labute approximate surface area is 145 Å². The summed E-state index contributed by atoms with van der Waals surface area (Å²) in [6, 6.07) is 9.52. The van der Waals surface area contributed by atoms with Crippen LogP contribution in [0.3, 0.4) is 0 Å². The maximum Gasteiger partial charge on any atom is 0.211 e. The minimum atomic E-state index is -3.71. The SMILES string of the molecule is CCS(=O)(=O)NC[C@@H](c1ccc(Cl)cc1)S(=O)(=O)c1cccs1. The van der Waals surface area contributed by atoms with E-state index in [4.69, 9.17) is 11.6 Å². The summed E-state index contributed by atoms with van der Waals surface area (Å²) in [6.45, 7) is 1.27. The zero-order chi connectivity index (χ0) is 17.1. The summed E-state index contributed by atoms with van der Waals surface area (Å²) in [5, 5.41) is 1.14. The van der Waals surface area contributed by atoms with E-state index in [0.29, 0.717) is 10.6 Å². The minimum absolute atomic E-state index is 0.112. The lowest BCUT2D eigenvalue weighted by Gasteiger charge is -2.18. The topological polar surface area (TPSA) is 80.3 Å². The van der Waals surface area contributed by atoms with Gasteiger partial charge in [0.25, 0.3) is 0 Å². The van der Waals surface area contributed by atoms with E-state index in [2.05, 4.69) is 4.72 Å². The highest BCUT2D eigenvalue weighted by Gasteiger charge is 2.31. The van der Waals surface area contributed by atoms with Gasteiger partial charge in [-0.1, -0.05) is 29.8 Å². The average Bonchev–Trinajstić information content (AvgIpc) is 3.04. The Morgan fingerprint density at radius 1 is 1.13 bits per heavy atom. The molecule has 2 rings (SSSR count). The number of nitrogens with one attached hydrogen (secondary N) is 1. The molecule has 1 aromatic heterocycles. The number of sulfone groups is 1. The van der Waals surface area contributed by atoms with Crippen LogP contribution >= 0.6 is 22.9 Å². The number of benzene rings is 1. The van der Waals surface area contributed by atoms with Crippen LogP contribution in [0.25, 0.3) is 0 Å². The highest BCUT2D eigenvalue weighted by atomic mass is 35.5. The van der Waals surface area contributed by atoms with E-state index in [-0.39, 0.29) is 16.5 Å². The fourth-order valence-corrected chi connectivity index (χ4v) is 5.68. The molecule has 0 spiro atoms. The molecule has 23 heavy (non-hydrogen) atoms. The zero-order valence-electron chi connectivity index (χ0n) is 12.3. The Morgan fingerprint density at radius 2 is 1.78 bits per heavy atom. The number of rotatable bonds is 7. The third kappa shape index (κ3) is 4.54. The largest absolute Gasteiger partial charge is 0.222 e. The third-order valence-electron chi connectivity index (χ3n) is 3.26. The summed E-state index contributed by atoms with van der Waals surface area (Å²) >= 11 is 6.95. The van der Waals surface area contributed by atoms with Gasteiger partial charge in [-0.05, 0) is 36.1 Å². The van der Waals surface area contributed by atoms with Crippen LogP contribution in [-0.4, -0.2) is 29.1 Å². The van der Waals surface area contributed by atoms with Gasteiger partial charge in [0.2, 0.25) is 10.0 Å². The van der Waals surface area contributed by atoms with Crippen molar-refractivity contribution in [2.24, 2.45) is 0 Å². The van der Waals surface area contributed by atoms with Crippen LogP contribution < -0.4 is 4.72 Å². The van der Waals surface area contributed by atoms with Crippen LogP contribution in [0.15, 0.2) is 46.0 Å². The lowest BCUT2D eigenvalue weighted by Crippen LogP contribution is -2.32. The second-order valence-corrected chi connectivity index (χ2v) is 10.6. The fourth-order valence-electron chi connectivity index (χ4n) is 1.95. The van der Waals surface area contributed by atoms with Crippen LogP contribution in [0.1, 0.15) is 17.7 Å². The van der Waals surface area contributed by atoms with Crippen molar-refractivity contribution in [3.63, 3.8) is 0 Å². The highest BCUT2D eigenvalue weighted by molar-refractivity contribution is 7.93. The highest BCUT2D eigenvalue weighted by Crippen LogP contribution is 2.31. The molecule has 9 heteroatoms. The Bertz CT molecular complexity index is 844. The molecule has 0 aliphatic heterocycles. The first-order valence-corrected chi connectivity index (χ1v) is 11.2. The van der Waals surface area contributed by atoms with Crippen molar-refractivity contribution in [2.45, 2.75) is 16.4 Å². The molecular weight excluding hydrogens is 378 g/mol. The van der Waals surface area contributed by atoms with Crippen molar-refractivity contribution >= 4 is 42.8 Å². The summed E-state index contributed by atoms with van der Waals surface area (Å²) < 4.78 is 51.6. The van der Waals surface area contributed by atoms with Gasteiger partial charge < -0.3 is 0 Å². The smallest absolute Gasteiger partial charge is 0.211 e. The summed E-state index contributed by atoms with van der Waals surface area (Å²) in [4.78, 5) is 0. The molecule has 1 atom stereocenters. The molecule has 126 valence electrons. The van der Waals surface area contributed by atoms with Crippen molar-refractivity contribution in [3.05, 3.63) is 52.4 Å². The maximum atomic E-state index is 12.8. The summed E-state index contributed by atoms with van der Waals surface area (Å²) in [5.41, 5.74) is 0.488. The second-order valence-electron chi connectivity index (χ2n) is 4.77. The van der Waals surface area contributed by atoms with E-state index >= 15 is 0 Å². The quantitative estimate of drug-likeness (QED) is 0.784. The van der Waals surface area contributed by atoms with E-state index in [1.54, 1.807) is 35.7 Å². The van der Waals surface area contributed by atoms with E-state index in [1.165, 1.54) is 13.0 Å². The van der Waals surface area contributed by atoms with E-state index in [0.717, 1.165) is 11.3 Å². The second kappa shape index (κ2) is 7.31. The van der Waals surface area contributed by atoms with Gasteiger partial charge in [0, 0.05) is 11.6 Å². The van der Waals surface area contributed by atoms with Crippen molar-refractivity contribution in [2.75, 3.05) is 12.3 Å². The van der Waals surface area contributed by atoms with Crippen LogP contribution in [-0.2, 0) is 19.9 Å². The molecule has 0 radical (unpaired) electrons. The van der Waals surface area contributed by atoms with E-state index in [1.807, 2.05) is 0 Å². The normalized spacial score (nSPS) is 13.8. The van der Waals surface area contributed by atoms with Crippen molar-refractivity contribution in [1.82, 2.24) is 4.72 Å². The molecule has 0 saturated heterocycles. The predicted octanol–water partition coefficient (Wildman–Crippen LogP) is 2.86. The first kappa shape index (κ1) is 18.4. The van der Waals surface area contributed by atoms with Gasteiger partial charge in [-0.3, -0.25) is 0 Å². The standard InChI is InChI=1S/C14H16ClNO4S3/c1-2-22(17,18)16-10-13(11-5-7-12(15)8-6-11)23(19,20)14-4-3-9-21-14/h3-9,13,16H,2,10H2,1H3/t13-/m0/s1. The summed E-state index contributed by atoms with van der Waals surface area (Å²) in [5.74, 6) is -0.112. The number of hydrogen-bond donors (Lipinski definition) is 1. The molecule has 0 aliphatic carbocycles. The molecule has 0 fully saturated rings. The Balaban J connectivity index is 2.41. The van der Waals surface area contributed by atoms with Gasteiger partial charge in [-0.2, -0.15) is 0 Å². The van der Waals surface area contributed by atoms with Gasteiger partial charge in [0.15, 0.2) is 9.84 Å². The molecule has 1 aromatic carbocycles. The number of sulfonamides is 1. The molecular formula is C14H16ClNO4S3. The van der Waals surface area contributed by atoms with Gasteiger partial charge >= 0.3 is 0 Å². The molecule has 0 bridgehead atoms. The van der Waals surface area contributed by atoms with Crippen molar-refractivity contribution in [1.29, 1.82) is 0 Å². The van der Waals surface area contributed by atoms with E-state index < -0.39 is 25.1 Å². The zero-order valence-corrected chi connectivity index (χ0v) is 15.5. The van der Waals surface area contributed by atoms with Crippen LogP contribution in [0.5, 0.6) is 0 Å². The predicted molar refractivity (Wildman–Crippen MR) is 93.2 cm³/mol. The molecule has 1 N–H and O–H groups in total. The lowest BCUT2D eigenvalue weighted by atomic mass is 10.1. The molecule has 2 aromatic rings.